The minimum atomic E-state index is -0.321. The summed E-state index contributed by atoms with van der Waals surface area (Å²) in [5.74, 6) is -0.503. The van der Waals surface area contributed by atoms with Crippen LogP contribution in [0.4, 0.5) is 0 Å². The van der Waals surface area contributed by atoms with Gasteiger partial charge in [0.2, 0.25) is 5.91 Å². The van der Waals surface area contributed by atoms with Gasteiger partial charge in [0.25, 0.3) is 5.91 Å². The molecule has 2 amide bonds. The summed E-state index contributed by atoms with van der Waals surface area (Å²) < 4.78 is 1.85. The van der Waals surface area contributed by atoms with Gasteiger partial charge in [-0.2, -0.15) is 5.10 Å². The number of para-hydroxylation sites is 1. The van der Waals surface area contributed by atoms with Crippen LogP contribution in [0.3, 0.4) is 0 Å². The second-order valence-electron chi connectivity index (χ2n) is 7.36. The maximum atomic E-state index is 12.6. The van der Waals surface area contributed by atoms with Gasteiger partial charge >= 0.3 is 0 Å². The second-order valence-corrected chi connectivity index (χ2v) is 7.36. The summed E-state index contributed by atoms with van der Waals surface area (Å²) in [6, 6.07) is 9.81. The van der Waals surface area contributed by atoms with E-state index >= 15 is 0 Å². The lowest BCUT2D eigenvalue weighted by molar-refractivity contribution is -0.121. The van der Waals surface area contributed by atoms with Crippen LogP contribution in [-0.2, 0) is 17.6 Å². The number of nitrogens with one attached hydrogen (secondary N) is 2. The zero-order chi connectivity index (χ0) is 18.0. The van der Waals surface area contributed by atoms with Gasteiger partial charge in [0.05, 0.1) is 12.2 Å². The van der Waals surface area contributed by atoms with Crippen LogP contribution in [0.15, 0.2) is 30.3 Å². The van der Waals surface area contributed by atoms with E-state index in [4.69, 9.17) is 0 Å². The fraction of sp³-hybridized carbons (Fsp3) is 0.421. The van der Waals surface area contributed by atoms with Gasteiger partial charge in [-0.25, -0.2) is 4.68 Å². The quantitative estimate of drug-likeness (QED) is 0.894. The first-order chi connectivity index (χ1) is 11.8. The Bertz CT molecular complexity index is 788. The van der Waals surface area contributed by atoms with Crippen LogP contribution in [0, 0.1) is 0 Å². The van der Waals surface area contributed by atoms with Crippen molar-refractivity contribution in [1.82, 2.24) is 20.4 Å². The molecular weight excluding hydrogens is 316 g/mol. The van der Waals surface area contributed by atoms with E-state index in [1.54, 1.807) is 0 Å². The predicted molar refractivity (Wildman–Crippen MR) is 95.8 cm³/mol. The van der Waals surface area contributed by atoms with Crippen molar-refractivity contribution in [2.75, 3.05) is 6.54 Å². The molecule has 0 bridgehead atoms. The molecule has 0 aliphatic heterocycles. The third-order valence-electron chi connectivity index (χ3n) is 4.07. The lowest BCUT2D eigenvalue weighted by Crippen LogP contribution is -2.46. The van der Waals surface area contributed by atoms with Gasteiger partial charge in [0.15, 0.2) is 5.69 Å². The molecule has 3 rings (SSSR count). The van der Waals surface area contributed by atoms with Crippen molar-refractivity contribution in [3.63, 3.8) is 0 Å². The van der Waals surface area contributed by atoms with E-state index in [2.05, 4.69) is 15.7 Å². The Balaban J connectivity index is 1.77. The van der Waals surface area contributed by atoms with Crippen molar-refractivity contribution in [1.29, 1.82) is 0 Å². The Morgan fingerprint density at radius 2 is 1.88 bits per heavy atom. The van der Waals surface area contributed by atoms with Gasteiger partial charge in [-0.15, -0.1) is 0 Å². The Kier molecular flexibility index (Phi) is 4.61. The van der Waals surface area contributed by atoms with Crippen molar-refractivity contribution in [3.05, 3.63) is 47.3 Å². The number of benzene rings is 1. The Hall–Kier alpha value is -2.63. The maximum Gasteiger partial charge on any atom is 0.272 e. The molecule has 2 N–H and O–H groups in total. The van der Waals surface area contributed by atoms with Gasteiger partial charge in [0.1, 0.15) is 0 Å². The fourth-order valence-electron chi connectivity index (χ4n) is 3.11. The zero-order valence-corrected chi connectivity index (χ0v) is 14.9. The minimum Gasteiger partial charge on any atom is -0.350 e. The smallest absolute Gasteiger partial charge is 0.272 e. The molecule has 1 heterocycles. The molecule has 1 aliphatic rings. The summed E-state index contributed by atoms with van der Waals surface area (Å²) in [4.78, 5) is 24.5. The zero-order valence-electron chi connectivity index (χ0n) is 14.9. The van der Waals surface area contributed by atoms with E-state index < -0.39 is 0 Å². The summed E-state index contributed by atoms with van der Waals surface area (Å²) in [5, 5.41) is 10.0. The summed E-state index contributed by atoms with van der Waals surface area (Å²) in [5.41, 5.74) is 3.15. The molecule has 0 spiro atoms. The first-order valence-corrected chi connectivity index (χ1v) is 8.60. The lowest BCUT2D eigenvalue weighted by atomic mass is 10.1. The largest absolute Gasteiger partial charge is 0.350 e. The van der Waals surface area contributed by atoms with Crippen LogP contribution in [0.1, 0.15) is 48.9 Å². The van der Waals surface area contributed by atoms with Crippen molar-refractivity contribution in [2.45, 2.75) is 45.6 Å². The molecule has 0 saturated carbocycles. The molecule has 0 fully saturated rings. The molecule has 6 nitrogen and oxygen atoms in total. The van der Waals surface area contributed by atoms with Gasteiger partial charge in [-0.1, -0.05) is 18.2 Å². The third-order valence-corrected chi connectivity index (χ3v) is 4.07. The predicted octanol–water partition coefficient (Wildman–Crippen LogP) is 2.01. The monoisotopic (exact) mass is 340 g/mol. The van der Waals surface area contributed by atoms with Gasteiger partial charge in [0, 0.05) is 16.8 Å². The van der Waals surface area contributed by atoms with E-state index in [0.29, 0.717) is 5.69 Å². The van der Waals surface area contributed by atoms with Crippen molar-refractivity contribution >= 4 is 11.8 Å². The number of rotatable bonds is 4. The fourth-order valence-corrected chi connectivity index (χ4v) is 3.11. The van der Waals surface area contributed by atoms with Crippen LogP contribution < -0.4 is 10.6 Å². The van der Waals surface area contributed by atoms with Gasteiger partial charge < -0.3 is 10.6 Å². The Morgan fingerprint density at radius 1 is 1.16 bits per heavy atom. The topological polar surface area (TPSA) is 76.0 Å². The molecule has 0 radical (unpaired) electrons. The number of carbonyl (C=O) groups excluding carboxylic acids is 2. The first-order valence-electron chi connectivity index (χ1n) is 8.60. The van der Waals surface area contributed by atoms with Crippen molar-refractivity contribution in [3.8, 4) is 5.69 Å². The van der Waals surface area contributed by atoms with E-state index in [0.717, 1.165) is 36.2 Å². The number of aromatic nitrogens is 2. The molecular formula is C19H24N4O2. The lowest BCUT2D eigenvalue weighted by Gasteiger charge is -2.20. The molecule has 132 valence electrons. The second kappa shape index (κ2) is 6.70. The highest BCUT2D eigenvalue weighted by molar-refractivity contribution is 5.96. The average Bonchev–Trinajstić information content (AvgIpc) is 3.14. The number of amides is 2. The van der Waals surface area contributed by atoms with E-state index in [-0.39, 0.29) is 23.9 Å². The molecule has 1 aromatic carbocycles. The standard InChI is InChI=1S/C19H24N4O2/c1-19(2,3)21-16(24)12-20-18(25)17-14-10-7-11-15(14)23(22-17)13-8-5-4-6-9-13/h4-6,8-9H,7,10-12H2,1-3H3,(H,20,25)(H,21,24). The van der Waals surface area contributed by atoms with E-state index in [1.807, 2.05) is 55.8 Å². The molecule has 1 aromatic heterocycles. The van der Waals surface area contributed by atoms with E-state index in [9.17, 15) is 9.59 Å². The van der Waals surface area contributed by atoms with E-state index in [1.165, 1.54) is 0 Å². The number of nitrogens with zero attached hydrogens (tertiary/aromatic N) is 2. The maximum absolute atomic E-state index is 12.6. The summed E-state index contributed by atoms with van der Waals surface area (Å²) in [6.07, 6.45) is 2.78. The highest BCUT2D eigenvalue weighted by atomic mass is 16.2. The van der Waals surface area contributed by atoms with Crippen LogP contribution in [0.5, 0.6) is 0 Å². The Morgan fingerprint density at radius 3 is 2.56 bits per heavy atom. The van der Waals surface area contributed by atoms with Crippen LogP contribution in [0.25, 0.3) is 5.69 Å². The SMILES string of the molecule is CC(C)(C)NC(=O)CNC(=O)c1nn(-c2ccccc2)c2c1CCC2. The summed E-state index contributed by atoms with van der Waals surface area (Å²) in [6.45, 7) is 5.66. The minimum absolute atomic E-state index is 0.0525. The highest BCUT2D eigenvalue weighted by Crippen LogP contribution is 2.27. The van der Waals surface area contributed by atoms with Gasteiger partial charge in [-0.05, 0) is 52.2 Å². The molecule has 0 unspecified atom stereocenters. The average molecular weight is 340 g/mol. The van der Waals surface area contributed by atoms with Crippen molar-refractivity contribution in [2.24, 2.45) is 0 Å². The first kappa shape index (κ1) is 17.2. The summed E-state index contributed by atoms with van der Waals surface area (Å²) in [7, 11) is 0. The molecule has 25 heavy (non-hydrogen) atoms. The molecule has 0 atom stereocenters. The number of fused-ring (bicyclic) bond motifs is 1. The highest BCUT2D eigenvalue weighted by Gasteiger charge is 2.27. The Labute approximate surface area is 147 Å². The molecule has 6 heteroatoms. The number of hydrogen-bond donors (Lipinski definition) is 2. The number of carbonyl (C=O) groups is 2. The van der Waals surface area contributed by atoms with Gasteiger partial charge in [-0.3, -0.25) is 9.59 Å². The van der Waals surface area contributed by atoms with Crippen LogP contribution >= 0.6 is 0 Å². The normalized spacial score (nSPS) is 13.4. The molecule has 2 aromatic rings. The number of hydrogen-bond acceptors (Lipinski definition) is 3. The van der Waals surface area contributed by atoms with Crippen molar-refractivity contribution < 1.29 is 9.59 Å². The van der Waals surface area contributed by atoms with Crippen LogP contribution in [-0.4, -0.2) is 33.7 Å². The molecule has 1 aliphatic carbocycles. The van der Waals surface area contributed by atoms with Crippen LogP contribution in [0.2, 0.25) is 0 Å². The summed E-state index contributed by atoms with van der Waals surface area (Å²) >= 11 is 0. The third kappa shape index (κ3) is 3.90. The molecule has 0 saturated heterocycles.